The highest BCUT2D eigenvalue weighted by Crippen LogP contribution is 2.38. The molecule has 0 aromatic heterocycles. The van der Waals surface area contributed by atoms with Gasteiger partial charge in [-0.1, -0.05) is 58.5 Å². The maximum Gasteiger partial charge on any atom is 0.266 e. The van der Waals surface area contributed by atoms with Crippen LogP contribution in [-0.2, 0) is 11.4 Å². The zero-order valence-electron chi connectivity index (χ0n) is 18.8. The van der Waals surface area contributed by atoms with E-state index in [1.165, 1.54) is 6.08 Å². The largest absolute Gasteiger partial charge is 0.490 e. The van der Waals surface area contributed by atoms with Crippen molar-refractivity contribution in [2.45, 2.75) is 20.5 Å². The second-order valence-electron chi connectivity index (χ2n) is 7.32. The van der Waals surface area contributed by atoms with Crippen LogP contribution in [0, 0.1) is 18.3 Å². The standard InChI is InChI=1S/C26H20Cl4N2O3/c1-3-34-24-11-16(9-18(13-31)26(33)32-23-6-4-5-20(28)15(23)2)10-22(30)25(24)35-14-17-7-8-19(27)12-21(17)29/h4-12H,3,14H2,1-2H3,(H,32,33)/b18-9+. The first-order chi connectivity index (χ1) is 16.7. The summed E-state index contributed by atoms with van der Waals surface area (Å²) in [6.45, 7) is 4.08. The van der Waals surface area contributed by atoms with Crippen molar-refractivity contribution >= 4 is 64.1 Å². The first-order valence-corrected chi connectivity index (χ1v) is 12.0. The SMILES string of the molecule is CCOc1cc(/C=C(\C#N)C(=O)Nc2cccc(Cl)c2C)cc(Cl)c1OCc1ccc(Cl)cc1Cl. The minimum absolute atomic E-state index is 0.121. The molecule has 9 heteroatoms. The van der Waals surface area contributed by atoms with Gasteiger partial charge in [-0.3, -0.25) is 4.79 Å². The van der Waals surface area contributed by atoms with Gasteiger partial charge in [0.15, 0.2) is 11.5 Å². The molecular formula is C26H20Cl4N2O3. The molecule has 3 rings (SSSR count). The summed E-state index contributed by atoms with van der Waals surface area (Å²) < 4.78 is 11.6. The molecule has 35 heavy (non-hydrogen) atoms. The number of hydrogen-bond donors (Lipinski definition) is 1. The van der Waals surface area contributed by atoms with Gasteiger partial charge in [0.25, 0.3) is 5.91 Å². The van der Waals surface area contributed by atoms with Gasteiger partial charge in [0, 0.05) is 26.3 Å². The van der Waals surface area contributed by atoms with E-state index in [1.54, 1.807) is 55.5 Å². The monoisotopic (exact) mass is 548 g/mol. The number of amides is 1. The number of benzene rings is 3. The number of nitriles is 1. The third-order valence-electron chi connectivity index (χ3n) is 4.91. The van der Waals surface area contributed by atoms with Crippen molar-refractivity contribution in [1.29, 1.82) is 5.26 Å². The van der Waals surface area contributed by atoms with Crippen molar-refractivity contribution in [3.8, 4) is 17.6 Å². The molecule has 0 unspecified atom stereocenters. The van der Waals surface area contributed by atoms with Crippen molar-refractivity contribution in [2.75, 3.05) is 11.9 Å². The molecular weight excluding hydrogens is 530 g/mol. The number of carbonyl (C=O) groups is 1. The summed E-state index contributed by atoms with van der Waals surface area (Å²) in [6, 6.07) is 15.4. The summed E-state index contributed by atoms with van der Waals surface area (Å²) in [5.74, 6) is 0.0959. The number of rotatable bonds is 8. The summed E-state index contributed by atoms with van der Waals surface area (Å²) in [7, 11) is 0. The van der Waals surface area contributed by atoms with E-state index in [-0.39, 0.29) is 17.2 Å². The molecule has 0 saturated heterocycles. The predicted octanol–water partition coefficient (Wildman–Crippen LogP) is 8.13. The molecule has 0 spiro atoms. The van der Waals surface area contributed by atoms with E-state index in [0.717, 1.165) is 5.56 Å². The van der Waals surface area contributed by atoms with Crippen molar-refractivity contribution in [3.63, 3.8) is 0 Å². The van der Waals surface area contributed by atoms with Crippen molar-refractivity contribution < 1.29 is 14.3 Å². The van der Waals surface area contributed by atoms with E-state index in [0.29, 0.717) is 50.0 Å². The van der Waals surface area contributed by atoms with Crippen LogP contribution in [0.5, 0.6) is 11.5 Å². The third-order valence-corrected chi connectivity index (χ3v) is 6.19. The Morgan fingerprint density at radius 2 is 1.80 bits per heavy atom. The Morgan fingerprint density at radius 1 is 1.03 bits per heavy atom. The Balaban J connectivity index is 1.87. The smallest absolute Gasteiger partial charge is 0.266 e. The molecule has 5 nitrogen and oxygen atoms in total. The quantitative estimate of drug-likeness (QED) is 0.227. The molecule has 0 radical (unpaired) electrons. The summed E-state index contributed by atoms with van der Waals surface area (Å²) >= 11 is 24.8. The van der Waals surface area contributed by atoms with E-state index >= 15 is 0 Å². The van der Waals surface area contributed by atoms with Gasteiger partial charge in [0.2, 0.25) is 0 Å². The molecule has 0 atom stereocenters. The van der Waals surface area contributed by atoms with Gasteiger partial charge in [0.05, 0.1) is 11.6 Å². The topological polar surface area (TPSA) is 71.3 Å². The predicted molar refractivity (Wildman–Crippen MR) is 142 cm³/mol. The lowest BCUT2D eigenvalue weighted by atomic mass is 10.1. The fourth-order valence-corrected chi connectivity index (χ4v) is 4.02. The fourth-order valence-electron chi connectivity index (χ4n) is 3.11. The van der Waals surface area contributed by atoms with E-state index < -0.39 is 5.91 Å². The molecule has 0 bridgehead atoms. The van der Waals surface area contributed by atoms with Crippen molar-refractivity contribution in [2.24, 2.45) is 0 Å². The number of ether oxygens (including phenoxy) is 2. The molecule has 0 saturated carbocycles. The van der Waals surface area contributed by atoms with Gasteiger partial charge in [0.1, 0.15) is 18.2 Å². The summed E-state index contributed by atoms with van der Waals surface area (Å²) in [5.41, 5.74) is 2.30. The molecule has 3 aromatic carbocycles. The van der Waals surface area contributed by atoms with Crippen LogP contribution in [0.15, 0.2) is 54.1 Å². The highest BCUT2D eigenvalue weighted by atomic mass is 35.5. The number of hydrogen-bond acceptors (Lipinski definition) is 4. The van der Waals surface area contributed by atoms with E-state index in [9.17, 15) is 10.1 Å². The summed E-state index contributed by atoms with van der Waals surface area (Å²) in [5, 5.41) is 14.0. The lowest BCUT2D eigenvalue weighted by molar-refractivity contribution is -0.112. The molecule has 3 aromatic rings. The lowest BCUT2D eigenvalue weighted by Crippen LogP contribution is -2.14. The number of carbonyl (C=O) groups excluding carboxylic acids is 1. The van der Waals surface area contributed by atoms with Gasteiger partial charge >= 0.3 is 0 Å². The van der Waals surface area contributed by atoms with Crippen LogP contribution in [-0.4, -0.2) is 12.5 Å². The summed E-state index contributed by atoms with van der Waals surface area (Å²) in [4.78, 5) is 12.7. The number of halogens is 4. The van der Waals surface area contributed by atoms with Crippen molar-refractivity contribution in [1.82, 2.24) is 0 Å². The second kappa shape index (κ2) is 12.2. The van der Waals surface area contributed by atoms with Crippen LogP contribution < -0.4 is 14.8 Å². The molecule has 0 fully saturated rings. The number of nitrogens with one attached hydrogen (secondary N) is 1. The van der Waals surface area contributed by atoms with Crippen LogP contribution >= 0.6 is 46.4 Å². The fraction of sp³-hybridized carbons (Fsp3) is 0.154. The van der Waals surface area contributed by atoms with Gasteiger partial charge < -0.3 is 14.8 Å². The third kappa shape index (κ3) is 6.84. The highest BCUT2D eigenvalue weighted by Gasteiger charge is 2.16. The van der Waals surface area contributed by atoms with Crippen LogP contribution in [0.4, 0.5) is 5.69 Å². The zero-order chi connectivity index (χ0) is 25.5. The van der Waals surface area contributed by atoms with Crippen LogP contribution in [0.1, 0.15) is 23.6 Å². The Morgan fingerprint density at radius 3 is 2.49 bits per heavy atom. The second-order valence-corrected chi connectivity index (χ2v) is 8.98. The maximum atomic E-state index is 12.7. The van der Waals surface area contributed by atoms with Crippen molar-refractivity contribution in [3.05, 3.63) is 90.9 Å². The zero-order valence-corrected chi connectivity index (χ0v) is 21.8. The Hall–Kier alpha value is -2.88. The van der Waals surface area contributed by atoms with Crippen LogP contribution in [0.3, 0.4) is 0 Å². The maximum absolute atomic E-state index is 12.7. The van der Waals surface area contributed by atoms with E-state index in [4.69, 9.17) is 55.9 Å². The molecule has 0 aliphatic carbocycles. The molecule has 1 amide bonds. The molecule has 0 aliphatic heterocycles. The van der Waals surface area contributed by atoms with Gasteiger partial charge in [-0.05, 0) is 67.4 Å². The van der Waals surface area contributed by atoms with Crippen LogP contribution in [0.25, 0.3) is 6.08 Å². The minimum atomic E-state index is -0.579. The summed E-state index contributed by atoms with van der Waals surface area (Å²) in [6.07, 6.45) is 1.42. The highest BCUT2D eigenvalue weighted by molar-refractivity contribution is 6.35. The normalized spacial score (nSPS) is 11.1. The molecule has 1 N–H and O–H groups in total. The first-order valence-electron chi connectivity index (χ1n) is 10.4. The van der Waals surface area contributed by atoms with Crippen LogP contribution in [0.2, 0.25) is 20.1 Å². The number of anilines is 1. The van der Waals surface area contributed by atoms with Gasteiger partial charge in [-0.2, -0.15) is 5.26 Å². The minimum Gasteiger partial charge on any atom is -0.490 e. The average Bonchev–Trinajstić information content (AvgIpc) is 2.81. The first kappa shape index (κ1) is 26.7. The lowest BCUT2D eigenvalue weighted by Gasteiger charge is -2.15. The molecule has 0 heterocycles. The number of nitrogens with zero attached hydrogens (tertiary/aromatic N) is 1. The van der Waals surface area contributed by atoms with Gasteiger partial charge in [-0.15, -0.1) is 0 Å². The van der Waals surface area contributed by atoms with E-state index in [2.05, 4.69) is 5.32 Å². The Bertz CT molecular complexity index is 1330. The van der Waals surface area contributed by atoms with E-state index in [1.807, 2.05) is 13.0 Å². The molecule has 180 valence electrons. The Labute approximate surface area is 223 Å². The Kier molecular flexibility index (Phi) is 9.31. The average molecular weight is 550 g/mol. The molecule has 0 aliphatic rings. The van der Waals surface area contributed by atoms with Gasteiger partial charge in [-0.25, -0.2) is 0 Å².